The third-order valence-corrected chi connectivity index (χ3v) is 5.82. The smallest absolute Gasteiger partial charge is 0.377 e. The van der Waals surface area contributed by atoms with Gasteiger partial charge in [0.05, 0.1) is 0 Å². The molecule has 17 heavy (non-hydrogen) atoms. The van der Waals surface area contributed by atoms with Gasteiger partial charge in [-0.1, -0.05) is 17.7 Å². The van der Waals surface area contributed by atoms with Gasteiger partial charge in [-0.05, 0) is 37.5 Å². The Labute approximate surface area is 105 Å². The molecule has 1 aromatic carbocycles. The van der Waals surface area contributed by atoms with E-state index in [-0.39, 0.29) is 0 Å². The summed E-state index contributed by atoms with van der Waals surface area (Å²) in [5.74, 6) is 0. The number of aryl methyl sites for hydroxylation is 3. The van der Waals surface area contributed by atoms with Crippen molar-refractivity contribution in [3.8, 4) is 0 Å². The molecule has 0 fully saturated rings. The zero-order chi connectivity index (χ0) is 13.1. The van der Waals surface area contributed by atoms with Crippen LogP contribution in [0.4, 0.5) is 0 Å². The lowest BCUT2D eigenvalue weighted by Gasteiger charge is -2.26. The molecule has 3 nitrogen and oxygen atoms in total. The molecule has 0 atom stereocenters. The summed E-state index contributed by atoms with van der Waals surface area (Å²) in [6.07, 6.45) is 0. The summed E-state index contributed by atoms with van der Waals surface area (Å²) in [5.41, 5.74) is 5.09. The van der Waals surface area contributed by atoms with Crippen molar-refractivity contribution in [1.29, 1.82) is 0 Å². The Morgan fingerprint density at radius 3 is 1.65 bits per heavy atom. The molecule has 0 N–H and O–H groups in total. The Bertz CT molecular complexity index is 355. The highest BCUT2D eigenvalue weighted by atomic mass is 28.4. The molecule has 0 spiro atoms. The minimum atomic E-state index is -2.54. The Hall–Kier alpha value is -0.683. The van der Waals surface area contributed by atoms with Gasteiger partial charge in [-0.3, -0.25) is 0 Å². The molecule has 0 aliphatic heterocycles. The van der Waals surface area contributed by atoms with E-state index in [9.17, 15) is 0 Å². The molecule has 0 heterocycles. The maximum absolute atomic E-state index is 5.47. The quantitative estimate of drug-likeness (QED) is 0.756. The van der Waals surface area contributed by atoms with E-state index in [1.807, 2.05) is 0 Å². The highest BCUT2D eigenvalue weighted by Crippen LogP contribution is 2.22. The first-order valence-corrected chi connectivity index (χ1v) is 7.63. The first-order chi connectivity index (χ1) is 7.98. The van der Waals surface area contributed by atoms with Crippen molar-refractivity contribution >= 4 is 8.80 Å². The molecule has 0 amide bonds. The van der Waals surface area contributed by atoms with Gasteiger partial charge in [-0.2, -0.15) is 0 Å². The Morgan fingerprint density at radius 2 is 1.29 bits per heavy atom. The highest BCUT2D eigenvalue weighted by Gasteiger charge is 2.38. The number of rotatable bonds is 5. The first-order valence-electron chi connectivity index (χ1n) is 5.70. The average Bonchev–Trinajstić information content (AvgIpc) is 2.29. The lowest BCUT2D eigenvalue weighted by molar-refractivity contribution is 0.122. The third-order valence-electron chi connectivity index (χ3n) is 3.17. The zero-order valence-electron chi connectivity index (χ0n) is 11.6. The minimum Gasteiger partial charge on any atom is -0.377 e. The SMILES string of the molecule is CO[Si](Cc1c(C)cc(C)cc1C)(OC)OC. The summed E-state index contributed by atoms with van der Waals surface area (Å²) in [6.45, 7) is 6.35. The predicted octanol–water partition coefficient (Wildman–Crippen LogP) is 2.57. The fraction of sp³-hybridized carbons (Fsp3) is 0.538. The Balaban J connectivity index is 3.09. The van der Waals surface area contributed by atoms with Crippen molar-refractivity contribution in [2.45, 2.75) is 26.8 Å². The van der Waals surface area contributed by atoms with Gasteiger partial charge >= 0.3 is 8.80 Å². The summed E-state index contributed by atoms with van der Waals surface area (Å²) in [5, 5.41) is 0. The maximum atomic E-state index is 5.47. The van der Waals surface area contributed by atoms with Gasteiger partial charge < -0.3 is 13.3 Å². The monoisotopic (exact) mass is 254 g/mol. The standard InChI is InChI=1S/C13H22O3Si/c1-10-7-11(2)13(12(3)8-10)9-17(14-4,15-5)16-6/h7-8H,9H2,1-6H3. The Kier molecular flexibility index (Phi) is 4.88. The van der Waals surface area contributed by atoms with Crippen LogP contribution in [0.15, 0.2) is 12.1 Å². The van der Waals surface area contributed by atoms with E-state index in [4.69, 9.17) is 13.3 Å². The lowest BCUT2D eigenvalue weighted by atomic mass is 10.0. The van der Waals surface area contributed by atoms with E-state index in [1.54, 1.807) is 21.3 Å². The van der Waals surface area contributed by atoms with E-state index in [0.717, 1.165) is 0 Å². The molecule has 96 valence electrons. The maximum Gasteiger partial charge on any atom is 0.504 e. The van der Waals surface area contributed by atoms with Gasteiger partial charge in [0.1, 0.15) is 0 Å². The molecule has 4 heteroatoms. The van der Waals surface area contributed by atoms with Gasteiger partial charge in [-0.25, -0.2) is 0 Å². The largest absolute Gasteiger partial charge is 0.504 e. The van der Waals surface area contributed by atoms with E-state index in [0.29, 0.717) is 6.04 Å². The molecule has 0 saturated carbocycles. The van der Waals surface area contributed by atoms with E-state index in [1.165, 1.54) is 22.3 Å². The molecule has 0 radical (unpaired) electrons. The second kappa shape index (κ2) is 5.77. The number of hydrogen-bond donors (Lipinski definition) is 0. The summed E-state index contributed by atoms with van der Waals surface area (Å²) >= 11 is 0. The second-order valence-corrected chi connectivity index (χ2v) is 7.29. The molecule has 0 bridgehead atoms. The van der Waals surface area contributed by atoms with Crippen LogP contribution in [0.5, 0.6) is 0 Å². The lowest BCUT2D eigenvalue weighted by Crippen LogP contribution is -2.46. The fourth-order valence-electron chi connectivity index (χ4n) is 2.17. The van der Waals surface area contributed by atoms with Crippen LogP contribution in [0.3, 0.4) is 0 Å². The topological polar surface area (TPSA) is 27.7 Å². The molecule has 0 aliphatic rings. The summed E-state index contributed by atoms with van der Waals surface area (Å²) in [7, 11) is 2.41. The van der Waals surface area contributed by atoms with Crippen LogP contribution in [0.2, 0.25) is 0 Å². The third kappa shape index (κ3) is 3.16. The van der Waals surface area contributed by atoms with Gasteiger partial charge in [0.25, 0.3) is 0 Å². The van der Waals surface area contributed by atoms with Crippen LogP contribution in [-0.2, 0) is 19.3 Å². The molecule has 1 rings (SSSR count). The minimum absolute atomic E-state index is 0.717. The van der Waals surface area contributed by atoms with Crippen LogP contribution < -0.4 is 0 Å². The van der Waals surface area contributed by atoms with Crippen molar-refractivity contribution in [2.24, 2.45) is 0 Å². The Morgan fingerprint density at radius 1 is 0.882 bits per heavy atom. The van der Waals surface area contributed by atoms with Gasteiger partial charge in [-0.15, -0.1) is 0 Å². The second-order valence-electron chi connectivity index (χ2n) is 4.35. The first kappa shape index (κ1) is 14.4. The van der Waals surface area contributed by atoms with Crippen LogP contribution >= 0.6 is 0 Å². The number of benzene rings is 1. The fourth-order valence-corrected chi connectivity index (χ4v) is 4.10. The van der Waals surface area contributed by atoms with Gasteiger partial charge in [0, 0.05) is 27.4 Å². The molecule has 0 aromatic heterocycles. The van der Waals surface area contributed by atoms with E-state index < -0.39 is 8.80 Å². The predicted molar refractivity (Wildman–Crippen MR) is 71.1 cm³/mol. The molecular formula is C13H22O3Si. The zero-order valence-corrected chi connectivity index (χ0v) is 12.6. The molecule has 0 unspecified atom stereocenters. The molecular weight excluding hydrogens is 232 g/mol. The van der Waals surface area contributed by atoms with Crippen LogP contribution in [0.25, 0.3) is 0 Å². The van der Waals surface area contributed by atoms with Crippen molar-refractivity contribution in [2.75, 3.05) is 21.3 Å². The average molecular weight is 254 g/mol. The van der Waals surface area contributed by atoms with E-state index >= 15 is 0 Å². The molecule has 0 aliphatic carbocycles. The van der Waals surface area contributed by atoms with Gasteiger partial charge in [0.2, 0.25) is 0 Å². The van der Waals surface area contributed by atoms with Crippen molar-refractivity contribution < 1.29 is 13.3 Å². The van der Waals surface area contributed by atoms with Crippen LogP contribution in [0.1, 0.15) is 22.3 Å². The van der Waals surface area contributed by atoms with E-state index in [2.05, 4.69) is 32.9 Å². The highest BCUT2D eigenvalue weighted by molar-refractivity contribution is 6.60. The number of hydrogen-bond acceptors (Lipinski definition) is 3. The van der Waals surface area contributed by atoms with Crippen molar-refractivity contribution in [3.63, 3.8) is 0 Å². The van der Waals surface area contributed by atoms with Crippen molar-refractivity contribution in [1.82, 2.24) is 0 Å². The van der Waals surface area contributed by atoms with Crippen LogP contribution in [-0.4, -0.2) is 30.1 Å². The van der Waals surface area contributed by atoms with Crippen molar-refractivity contribution in [3.05, 3.63) is 34.4 Å². The summed E-state index contributed by atoms with van der Waals surface area (Å²) in [4.78, 5) is 0. The molecule has 1 aromatic rings. The summed E-state index contributed by atoms with van der Waals surface area (Å²) < 4.78 is 16.4. The van der Waals surface area contributed by atoms with Gasteiger partial charge in [0.15, 0.2) is 0 Å². The molecule has 0 saturated heterocycles. The van der Waals surface area contributed by atoms with Crippen LogP contribution in [0, 0.1) is 20.8 Å². The summed E-state index contributed by atoms with van der Waals surface area (Å²) in [6, 6.07) is 5.08. The normalized spacial score (nSPS) is 11.9.